The van der Waals surface area contributed by atoms with Gasteiger partial charge in [0.15, 0.2) is 5.65 Å². The first-order valence-corrected chi connectivity index (χ1v) is 11.0. The molecule has 34 heavy (non-hydrogen) atoms. The van der Waals surface area contributed by atoms with Gasteiger partial charge in [0.05, 0.1) is 17.5 Å². The van der Waals surface area contributed by atoms with Crippen LogP contribution in [-0.4, -0.2) is 31.1 Å². The van der Waals surface area contributed by atoms with Crippen molar-refractivity contribution in [3.05, 3.63) is 81.8 Å². The highest BCUT2D eigenvalue weighted by Crippen LogP contribution is 2.27. The van der Waals surface area contributed by atoms with Crippen molar-refractivity contribution in [2.45, 2.75) is 39.2 Å². The van der Waals surface area contributed by atoms with Gasteiger partial charge >= 0.3 is 0 Å². The third kappa shape index (κ3) is 5.14. The van der Waals surface area contributed by atoms with Crippen LogP contribution in [0.5, 0.6) is 0 Å². The fraction of sp³-hybridized carbons (Fsp3) is 0.320. The first-order chi connectivity index (χ1) is 16.3. The number of nitrogens with zero attached hydrogens (tertiary/aromatic N) is 5. The Hall–Kier alpha value is -3.59. The molecule has 1 saturated heterocycles. The molecule has 0 N–H and O–H groups in total. The number of hydrogen-bond acceptors (Lipinski definition) is 6. The molecule has 7 nitrogen and oxygen atoms in total. The summed E-state index contributed by atoms with van der Waals surface area (Å²) in [6.07, 6.45) is 6.80. The van der Waals surface area contributed by atoms with E-state index < -0.39 is 11.6 Å². The van der Waals surface area contributed by atoms with Gasteiger partial charge in [0.1, 0.15) is 29.2 Å². The number of hydrogen-bond donors (Lipinski definition) is 0. The second-order valence-corrected chi connectivity index (χ2v) is 8.18. The zero-order chi connectivity index (χ0) is 24.2. The van der Waals surface area contributed by atoms with Crippen molar-refractivity contribution in [3.8, 4) is 11.3 Å². The topological polar surface area (TPSA) is 82.8 Å². The van der Waals surface area contributed by atoms with Crippen LogP contribution < -0.4 is 5.56 Å². The predicted molar refractivity (Wildman–Crippen MR) is 124 cm³/mol. The highest BCUT2D eigenvalue weighted by atomic mass is 19.1. The van der Waals surface area contributed by atoms with Gasteiger partial charge in [-0.1, -0.05) is 0 Å². The molecule has 1 aliphatic heterocycles. The van der Waals surface area contributed by atoms with Gasteiger partial charge < -0.3 is 9.30 Å². The lowest BCUT2D eigenvalue weighted by Crippen LogP contribution is -2.18. The third-order valence-corrected chi connectivity index (χ3v) is 5.73. The fourth-order valence-electron chi connectivity index (χ4n) is 3.73. The van der Waals surface area contributed by atoms with Crippen molar-refractivity contribution in [2.24, 2.45) is 7.05 Å². The van der Waals surface area contributed by atoms with Gasteiger partial charge in [0, 0.05) is 37.5 Å². The SMILES string of the molecule is Cc1nc2ncnc(-c3ccc(F)cc3F)c2nc1C.Cn1cc(C2CCCCO2)ccc1=O. The Bertz CT molecular complexity index is 1380. The van der Waals surface area contributed by atoms with Gasteiger partial charge in [-0.25, -0.2) is 28.7 Å². The lowest BCUT2D eigenvalue weighted by atomic mass is 10.0. The van der Waals surface area contributed by atoms with E-state index >= 15 is 0 Å². The van der Waals surface area contributed by atoms with E-state index in [9.17, 15) is 13.6 Å². The van der Waals surface area contributed by atoms with Crippen molar-refractivity contribution in [2.75, 3.05) is 6.61 Å². The molecule has 0 saturated carbocycles. The van der Waals surface area contributed by atoms with Crippen molar-refractivity contribution >= 4 is 11.2 Å². The molecule has 0 spiro atoms. The summed E-state index contributed by atoms with van der Waals surface area (Å²) < 4.78 is 34.1. The Morgan fingerprint density at radius 2 is 1.82 bits per heavy atom. The number of halogens is 2. The lowest BCUT2D eigenvalue weighted by Gasteiger charge is -2.22. The second-order valence-electron chi connectivity index (χ2n) is 8.18. The predicted octanol–water partition coefficient (Wildman–Crippen LogP) is 4.61. The first kappa shape index (κ1) is 23.6. The summed E-state index contributed by atoms with van der Waals surface area (Å²) >= 11 is 0. The summed E-state index contributed by atoms with van der Waals surface area (Å²) in [6, 6.07) is 6.81. The third-order valence-electron chi connectivity index (χ3n) is 5.73. The average molecular weight is 466 g/mol. The van der Waals surface area contributed by atoms with Crippen LogP contribution in [0.25, 0.3) is 22.4 Å². The van der Waals surface area contributed by atoms with Crippen molar-refractivity contribution in [1.29, 1.82) is 0 Å². The Balaban J connectivity index is 0.000000172. The van der Waals surface area contributed by atoms with E-state index in [1.165, 1.54) is 24.9 Å². The number of aryl methyl sites for hydroxylation is 3. The van der Waals surface area contributed by atoms with E-state index in [0.717, 1.165) is 42.5 Å². The molecular weight excluding hydrogens is 440 g/mol. The van der Waals surface area contributed by atoms with Crippen LogP contribution in [0, 0.1) is 25.5 Å². The standard InChI is InChI=1S/C14H10F2N4.C11H15NO2/c1-7-8(2)20-14-13(19-7)12(17-6-18-14)10-4-3-9(15)5-11(10)16;1-12-8-9(5-6-11(12)13)10-4-2-3-7-14-10/h3-6H,1-2H3;5-6,8,10H,2-4,7H2,1H3. The molecule has 0 amide bonds. The molecule has 0 aliphatic carbocycles. The minimum absolute atomic E-state index is 0.0320. The van der Waals surface area contributed by atoms with E-state index in [1.807, 2.05) is 19.2 Å². The van der Waals surface area contributed by atoms with E-state index in [2.05, 4.69) is 19.9 Å². The van der Waals surface area contributed by atoms with Gasteiger partial charge in [0.2, 0.25) is 5.56 Å². The van der Waals surface area contributed by atoms with Gasteiger partial charge in [-0.15, -0.1) is 0 Å². The minimum Gasteiger partial charge on any atom is -0.373 e. The van der Waals surface area contributed by atoms with Gasteiger partial charge in [-0.05, 0) is 56.9 Å². The maximum Gasteiger partial charge on any atom is 0.250 e. The summed E-state index contributed by atoms with van der Waals surface area (Å²) in [5, 5.41) is 0. The minimum atomic E-state index is -0.690. The highest BCUT2D eigenvalue weighted by Gasteiger charge is 2.16. The smallest absolute Gasteiger partial charge is 0.250 e. The van der Waals surface area contributed by atoms with Crippen LogP contribution >= 0.6 is 0 Å². The summed E-state index contributed by atoms with van der Waals surface area (Å²) in [4.78, 5) is 27.9. The van der Waals surface area contributed by atoms with E-state index in [1.54, 1.807) is 24.6 Å². The Morgan fingerprint density at radius 1 is 1.03 bits per heavy atom. The van der Waals surface area contributed by atoms with Gasteiger partial charge in [-0.2, -0.15) is 0 Å². The normalized spacial score (nSPS) is 15.6. The zero-order valence-corrected chi connectivity index (χ0v) is 19.3. The molecule has 0 radical (unpaired) electrons. The lowest BCUT2D eigenvalue weighted by molar-refractivity contribution is 0.0146. The Labute approximate surface area is 195 Å². The number of aromatic nitrogens is 5. The molecule has 1 aromatic carbocycles. The summed E-state index contributed by atoms with van der Waals surface area (Å²) in [7, 11) is 1.77. The molecule has 4 aromatic rings. The monoisotopic (exact) mass is 465 g/mol. The van der Waals surface area contributed by atoms with Crippen molar-refractivity contribution in [3.63, 3.8) is 0 Å². The number of ether oxygens (including phenoxy) is 1. The molecule has 1 unspecified atom stereocenters. The van der Waals surface area contributed by atoms with Crippen LogP contribution in [0.1, 0.15) is 42.3 Å². The molecule has 9 heteroatoms. The van der Waals surface area contributed by atoms with E-state index in [-0.39, 0.29) is 17.2 Å². The van der Waals surface area contributed by atoms with Crippen LogP contribution in [0.2, 0.25) is 0 Å². The van der Waals surface area contributed by atoms with Crippen molar-refractivity contribution in [1.82, 2.24) is 24.5 Å². The fourth-order valence-corrected chi connectivity index (χ4v) is 3.73. The zero-order valence-electron chi connectivity index (χ0n) is 19.3. The number of pyridine rings is 1. The number of benzene rings is 1. The van der Waals surface area contributed by atoms with E-state index in [0.29, 0.717) is 16.9 Å². The molecule has 176 valence electrons. The summed E-state index contributed by atoms with van der Waals surface area (Å²) in [5.74, 6) is -1.33. The maximum absolute atomic E-state index is 13.9. The largest absolute Gasteiger partial charge is 0.373 e. The van der Waals surface area contributed by atoms with Crippen molar-refractivity contribution < 1.29 is 13.5 Å². The molecule has 1 atom stereocenters. The molecule has 3 aromatic heterocycles. The molecule has 1 aliphatic rings. The summed E-state index contributed by atoms with van der Waals surface area (Å²) in [6.45, 7) is 4.47. The van der Waals surface area contributed by atoms with Crippen LogP contribution in [0.4, 0.5) is 8.78 Å². The van der Waals surface area contributed by atoms with E-state index in [4.69, 9.17) is 4.74 Å². The van der Waals surface area contributed by atoms with Crippen LogP contribution in [-0.2, 0) is 11.8 Å². The Morgan fingerprint density at radius 3 is 2.53 bits per heavy atom. The van der Waals surface area contributed by atoms with Crippen LogP contribution in [0.15, 0.2) is 47.7 Å². The molecule has 1 fully saturated rings. The molecule has 4 heterocycles. The number of fused-ring (bicyclic) bond motifs is 1. The van der Waals surface area contributed by atoms with Crippen LogP contribution in [0.3, 0.4) is 0 Å². The Kier molecular flexibility index (Phi) is 7.02. The quantitative estimate of drug-likeness (QED) is 0.430. The molecule has 5 rings (SSSR count). The molecule has 0 bridgehead atoms. The maximum atomic E-state index is 13.9. The summed E-state index contributed by atoms with van der Waals surface area (Å²) in [5.41, 5.74) is 3.90. The first-order valence-electron chi connectivity index (χ1n) is 11.0. The van der Waals surface area contributed by atoms with Gasteiger partial charge in [0.25, 0.3) is 0 Å². The highest BCUT2D eigenvalue weighted by molar-refractivity contribution is 5.86. The molecular formula is C25H25F2N5O2. The number of rotatable bonds is 2. The van der Waals surface area contributed by atoms with Gasteiger partial charge in [-0.3, -0.25) is 4.79 Å². The average Bonchev–Trinajstić information content (AvgIpc) is 2.83. The second kappa shape index (κ2) is 10.1.